The third kappa shape index (κ3) is 8.57. The standard InChI is InChI=1S/C15H26N4OS.HI/c1-5-11(2)19-14(20)8-9-17-15(16-4)18-10-13-7-6-12(3)21-13;/h6-7,11H,5,8-10H2,1-4H3,(H,19,20)(H2,16,17,18);1H. The fourth-order valence-electron chi connectivity index (χ4n) is 1.72. The van der Waals surface area contributed by atoms with Crippen LogP contribution in [0, 0.1) is 6.92 Å². The molecule has 1 aromatic heterocycles. The van der Waals surface area contributed by atoms with Gasteiger partial charge in [-0.25, -0.2) is 0 Å². The Balaban J connectivity index is 0.00000441. The Morgan fingerprint density at radius 1 is 1.36 bits per heavy atom. The van der Waals surface area contributed by atoms with Crippen molar-refractivity contribution in [2.45, 2.75) is 46.2 Å². The zero-order chi connectivity index (χ0) is 15.7. The van der Waals surface area contributed by atoms with E-state index in [1.165, 1.54) is 9.75 Å². The lowest BCUT2D eigenvalue weighted by atomic mass is 10.2. The highest BCUT2D eigenvalue weighted by Crippen LogP contribution is 2.14. The molecule has 7 heteroatoms. The van der Waals surface area contributed by atoms with Gasteiger partial charge >= 0.3 is 0 Å². The van der Waals surface area contributed by atoms with Gasteiger partial charge in [0.1, 0.15) is 0 Å². The number of thiophene rings is 1. The van der Waals surface area contributed by atoms with E-state index in [4.69, 9.17) is 0 Å². The molecule has 0 aromatic carbocycles. The number of aliphatic imine (C=N–C) groups is 1. The third-order valence-electron chi connectivity index (χ3n) is 3.11. The van der Waals surface area contributed by atoms with E-state index in [1.54, 1.807) is 18.4 Å². The maximum absolute atomic E-state index is 11.7. The molecule has 0 saturated carbocycles. The van der Waals surface area contributed by atoms with Crippen molar-refractivity contribution in [1.29, 1.82) is 0 Å². The lowest BCUT2D eigenvalue weighted by Gasteiger charge is -2.13. The van der Waals surface area contributed by atoms with Gasteiger partial charge < -0.3 is 16.0 Å². The van der Waals surface area contributed by atoms with Crippen LogP contribution in [0.2, 0.25) is 0 Å². The molecule has 0 saturated heterocycles. The van der Waals surface area contributed by atoms with Crippen LogP contribution in [0.3, 0.4) is 0 Å². The maximum atomic E-state index is 11.7. The van der Waals surface area contributed by atoms with E-state index in [9.17, 15) is 4.79 Å². The van der Waals surface area contributed by atoms with Gasteiger partial charge in [0.25, 0.3) is 0 Å². The molecule has 22 heavy (non-hydrogen) atoms. The smallest absolute Gasteiger partial charge is 0.221 e. The largest absolute Gasteiger partial charge is 0.356 e. The van der Waals surface area contributed by atoms with Crippen LogP contribution < -0.4 is 16.0 Å². The van der Waals surface area contributed by atoms with Gasteiger partial charge in [0, 0.05) is 35.8 Å². The van der Waals surface area contributed by atoms with E-state index in [1.807, 2.05) is 6.92 Å². The van der Waals surface area contributed by atoms with Crippen molar-refractivity contribution in [3.05, 3.63) is 21.9 Å². The highest BCUT2D eigenvalue weighted by molar-refractivity contribution is 14.0. The zero-order valence-corrected chi connectivity index (χ0v) is 16.9. The predicted octanol–water partition coefficient (Wildman–Crippen LogP) is 2.64. The molecule has 3 N–H and O–H groups in total. The van der Waals surface area contributed by atoms with Gasteiger partial charge in [-0.1, -0.05) is 6.92 Å². The van der Waals surface area contributed by atoms with Crippen molar-refractivity contribution in [3.8, 4) is 0 Å². The number of hydrogen-bond acceptors (Lipinski definition) is 3. The Kier molecular flexibility index (Phi) is 11.3. The van der Waals surface area contributed by atoms with Crippen LogP contribution in [0.1, 0.15) is 36.4 Å². The Hall–Kier alpha value is -0.830. The fourth-order valence-corrected chi connectivity index (χ4v) is 2.55. The van der Waals surface area contributed by atoms with Crippen LogP contribution in [-0.2, 0) is 11.3 Å². The first kappa shape index (κ1) is 21.2. The van der Waals surface area contributed by atoms with Crippen LogP contribution >= 0.6 is 35.3 Å². The molecule has 0 aliphatic heterocycles. The van der Waals surface area contributed by atoms with E-state index >= 15 is 0 Å². The summed E-state index contributed by atoms with van der Waals surface area (Å²) in [4.78, 5) is 18.4. The molecule has 1 aromatic rings. The van der Waals surface area contributed by atoms with Gasteiger partial charge in [-0.15, -0.1) is 35.3 Å². The molecule has 5 nitrogen and oxygen atoms in total. The summed E-state index contributed by atoms with van der Waals surface area (Å²) < 4.78 is 0. The summed E-state index contributed by atoms with van der Waals surface area (Å²) in [5.41, 5.74) is 0. The van der Waals surface area contributed by atoms with Crippen molar-refractivity contribution < 1.29 is 4.79 Å². The molecular weight excluding hydrogens is 411 g/mol. The van der Waals surface area contributed by atoms with E-state index in [-0.39, 0.29) is 35.9 Å². The SMILES string of the molecule is CCC(C)NC(=O)CCNC(=NC)NCc1ccc(C)s1.I. The quantitative estimate of drug-likeness (QED) is 0.349. The van der Waals surface area contributed by atoms with Crippen LogP contribution in [0.4, 0.5) is 0 Å². The zero-order valence-electron chi connectivity index (χ0n) is 13.7. The van der Waals surface area contributed by atoms with Crippen molar-refractivity contribution >= 4 is 47.2 Å². The number of carbonyl (C=O) groups is 1. The second-order valence-corrected chi connectivity index (χ2v) is 6.36. The molecule has 1 atom stereocenters. The van der Waals surface area contributed by atoms with Crippen molar-refractivity contribution in [3.63, 3.8) is 0 Å². The summed E-state index contributed by atoms with van der Waals surface area (Å²) >= 11 is 1.77. The first-order chi connectivity index (χ1) is 10.0. The Bertz CT molecular complexity index is 476. The first-order valence-electron chi connectivity index (χ1n) is 7.34. The number of halogens is 1. The number of amides is 1. The number of nitrogens with one attached hydrogen (secondary N) is 3. The Morgan fingerprint density at radius 2 is 2.09 bits per heavy atom. The summed E-state index contributed by atoms with van der Waals surface area (Å²) in [6.07, 6.45) is 1.39. The lowest BCUT2D eigenvalue weighted by Crippen LogP contribution is -2.39. The Morgan fingerprint density at radius 3 is 2.64 bits per heavy atom. The molecule has 1 rings (SSSR count). The van der Waals surface area contributed by atoms with E-state index in [0.717, 1.165) is 18.9 Å². The fraction of sp³-hybridized carbons (Fsp3) is 0.600. The highest BCUT2D eigenvalue weighted by atomic mass is 127. The maximum Gasteiger partial charge on any atom is 0.221 e. The topological polar surface area (TPSA) is 65.5 Å². The van der Waals surface area contributed by atoms with E-state index < -0.39 is 0 Å². The van der Waals surface area contributed by atoms with E-state index in [0.29, 0.717) is 13.0 Å². The first-order valence-corrected chi connectivity index (χ1v) is 8.16. The number of hydrogen-bond donors (Lipinski definition) is 3. The summed E-state index contributed by atoms with van der Waals surface area (Å²) in [6, 6.07) is 4.45. The average molecular weight is 438 g/mol. The highest BCUT2D eigenvalue weighted by Gasteiger charge is 2.06. The molecule has 0 radical (unpaired) electrons. The van der Waals surface area contributed by atoms with Crippen LogP contribution in [0.25, 0.3) is 0 Å². The van der Waals surface area contributed by atoms with Crippen LogP contribution in [0.5, 0.6) is 0 Å². The molecule has 0 fully saturated rings. The third-order valence-corrected chi connectivity index (χ3v) is 4.11. The molecule has 0 aliphatic rings. The monoisotopic (exact) mass is 438 g/mol. The lowest BCUT2D eigenvalue weighted by molar-refractivity contribution is -0.121. The van der Waals surface area contributed by atoms with Crippen molar-refractivity contribution in [2.24, 2.45) is 4.99 Å². The molecule has 126 valence electrons. The molecule has 1 unspecified atom stereocenters. The van der Waals surface area contributed by atoms with Gasteiger partial charge in [0.2, 0.25) is 5.91 Å². The number of nitrogens with zero attached hydrogens (tertiary/aromatic N) is 1. The number of aryl methyl sites for hydroxylation is 1. The summed E-state index contributed by atoms with van der Waals surface area (Å²) in [5.74, 6) is 0.790. The van der Waals surface area contributed by atoms with Crippen molar-refractivity contribution in [1.82, 2.24) is 16.0 Å². The second-order valence-electron chi connectivity index (χ2n) is 4.99. The minimum absolute atomic E-state index is 0. The van der Waals surface area contributed by atoms with Gasteiger partial charge in [0.15, 0.2) is 5.96 Å². The second kappa shape index (κ2) is 11.7. The predicted molar refractivity (Wildman–Crippen MR) is 105 cm³/mol. The summed E-state index contributed by atoms with van der Waals surface area (Å²) in [6.45, 7) is 7.48. The minimum atomic E-state index is 0. The number of guanidine groups is 1. The number of carbonyl (C=O) groups excluding carboxylic acids is 1. The van der Waals surface area contributed by atoms with Crippen molar-refractivity contribution in [2.75, 3.05) is 13.6 Å². The van der Waals surface area contributed by atoms with Crippen LogP contribution in [-0.4, -0.2) is 31.5 Å². The minimum Gasteiger partial charge on any atom is -0.356 e. The average Bonchev–Trinajstić information content (AvgIpc) is 2.88. The molecule has 1 amide bonds. The van der Waals surface area contributed by atoms with Gasteiger partial charge in [-0.05, 0) is 32.4 Å². The van der Waals surface area contributed by atoms with Gasteiger partial charge in [0.05, 0.1) is 6.54 Å². The molecule has 1 heterocycles. The van der Waals surface area contributed by atoms with Crippen LogP contribution in [0.15, 0.2) is 17.1 Å². The molecule has 0 bridgehead atoms. The molecule has 0 spiro atoms. The normalized spacial score (nSPS) is 12.3. The van der Waals surface area contributed by atoms with Gasteiger partial charge in [-0.2, -0.15) is 0 Å². The number of rotatable bonds is 7. The summed E-state index contributed by atoms with van der Waals surface area (Å²) in [7, 11) is 1.73. The van der Waals surface area contributed by atoms with E-state index in [2.05, 4.69) is 46.9 Å². The molecule has 0 aliphatic carbocycles. The van der Waals surface area contributed by atoms with Gasteiger partial charge in [-0.3, -0.25) is 9.79 Å². The summed E-state index contributed by atoms with van der Waals surface area (Å²) in [5, 5.41) is 9.34. The Labute approximate surface area is 154 Å². The molecular formula is C15H27IN4OS.